The highest BCUT2D eigenvalue weighted by Crippen LogP contribution is 2.89. The normalized spacial score (nSPS) is 50.5. The van der Waals surface area contributed by atoms with Crippen LogP contribution >= 0.6 is 12.4 Å². The van der Waals surface area contributed by atoms with Gasteiger partial charge in [0, 0.05) is 31.5 Å². The van der Waals surface area contributed by atoms with Crippen LogP contribution in [-0.2, 0) is 23.7 Å². The minimum Gasteiger partial charge on any atom is -0.457 e. The first-order valence-corrected chi connectivity index (χ1v) is 20.2. The van der Waals surface area contributed by atoms with Gasteiger partial charge in [-0.3, -0.25) is 9.69 Å². The molecule has 2 heterocycles. The quantitative estimate of drug-likeness (QED) is 0.286. The Kier molecular flexibility index (Phi) is 9.48. The molecule has 6 saturated carbocycles. The zero-order valence-electron chi connectivity index (χ0n) is 32.2. The molecule has 50 heavy (non-hydrogen) atoms. The highest BCUT2D eigenvalue weighted by Gasteiger charge is 2.84. The van der Waals surface area contributed by atoms with Crippen molar-refractivity contribution in [2.45, 2.75) is 181 Å². The molecule has 14 atom stereocenters. The number of morpholine rings is 1. The minimum atomic E-state index is -1.25. The Morgan fingerprint density at radius 1 is 0.980 bits per heavy atom. The van der Waals surface area contributed by atoms with Crippen molar-refractivity contribution in [3.63, 3.8) is 0 Å². The molecule has 0 aromatic rings. The molecular formula is C41H68ClNO7. The number of aliphatic hydroxyl groups is 2. The summed E-state index contributed by atoms with van der Waals surface area (Å²) in [7, 11) is 0. The van der Waals surface area contributed by atoms with E-state index in [9.17, 15) is 15.0 Å². The van der Waals surface area contributed by atoms with Crippen molar-refractivity contribution < 1.29 is 34.0 Å². The molecule has 8 rings (SSSR count). The number of halogens is 1. The van der Waals surface area contributed by atoms with E-state index in [0.29, 0.717) is 29.7 Å². The molecule has 2 N–H and O–H groups in total. The van der Waals surface area contributed by atoms with Crippen molar-refractivity contribution >= 4 is 18.4 Å². The molecule has 0 aromatic heterocycles. The third kappa shape index (κ3) is 5.21. The van der Waals surface area contributed by atoms with Crippen molar-refractivity contribution in [1.82, 2.24) is 4.90 Å². The number of aliphatic hydroxyl groups excluding tert-OH is 1. The molecule has 8 nitrogen and oxygen atoms in total. The highest BCUT2D eigenvalue weighted by atomic mass is 35.5. The smallest absolute Gasteiger partial charge is 0.303 e. The number of fused-ring (bicyclic) bond motifs is 4. The Labute approximate surface area is 307 Å². The van der Waals surface area contributed by atoms with Gasteiger partial charge < -0.3 is 29.2 Å². The molecule has 0 aromatic carbocycles. The summed E-state index contributed by atoms with van der Waals surface area (Å²) in [6, 6.07) is 0.712. The minimum absolute atomic E-state index is 0. The van der Waals surface area contributed by atoms with Gasteiger partial charge in [0.25, 0.3) is 0 Å². The molecule has 286 valence electrons. The summed E-state index contributed by atoms with van der Waals surface area (Å²) < 4.78 is 25.9. The summed E-state index contributed by atoms with van der Waals surface area (Å²) in [6.45, 7) is 19.7. The van der Waals surface area contributed by atoms with Gasteiger partial charge in [0.1, 0.15) is 0 Å². The van der Waals surface area contributed by atoms with Crippen LogP contribution in [0.25, 0.3) is 0 Å². The summed E-state index contributed by atoms with van der Waals surface area (Å²) in [5.41, 5.74) is -0.874. The number of ether oxygens (including phenoxy) is 4. The molecule has 0 bridgehead atoms. The lowest BCUT2D eigenvalue weighted by molar-refractivity contribution is -0.251. The first-order valence-electron chi connectivity index (χ1n) is 20.2. The van der Waals surface area contributed by atoms with Crippen LogP contribution < -0.4 is 0 Å². The van der Waals surface area contributed by atoms with Gasteiger partial charge in [0.2, 0.25) is 0 Å². The average molecular weight is 722 g/mol. The molecule has 3 unspecified atom stereocenters. The number of hydrogen-bond donors (Lipinski definition) is 2. The Balaban J connectivity index is 0.00000392. The predicted octanol–water partition coefficient (Wildman–Crippen LogP) is 6.91. The lowest BCUT2D eigenvalue weighted by atomic mass is 9.41. The zero-order chi connectivity index (χ0) is 34.9. The van der Waals surface area contributed by atoms with E-state index in [1.807, 2.05) is 0 Å². The molecule has 2 aliphatic heterocycles. The van der Waals surface area contributed by atoms with Crippen LogP contribution in [0.15, 0.2) is 0 Å². The van der Waals surface area contributed by atoms with Crippen LogP contribution in [-0.4, -0.2) is 89.2 Å². The molecule has 0 amide bonds. The predicted molar refractivity (Wildman–Crippen MR) is 194 cm³/mol. The van der Waals surface area contributed by atoms with E-state index in [4.69, 9.17) is 18.9 Å². The van der Waals surface area contributed by atoms with E-state index in [-0.39, 0.29) is 64.4 Å². The molecule has 2 saturated heterocycles. The van der Waals surface area contributed by atoms with Crippen molar-refractivity contribution in [3.05, 3.63) is 0 Å². The SMILES string of the molecule is CC(=O)O[C@@H]([C@H]1C[C@@H](C)C2C(O1)[C@H](O)[C@@]1(C)[C@@H]3CC[C@H]4C(C)(C)[C@@H](OC5CN(C6CCCC6)CCO5)CC[C@@]45C[C@@]35CC[C@]21C)C(C)(C)O.Cl. The number of hydrogen-bond acceptors (Lipinski definition) is 8. The number of rotatable bonds is 6. The fourth-order valence-electron chi connectivity index (χ4n) is 15.1. The van der Waals surface area contributed by atoms with E-state index in [0.717, 1.165) is 39.0 Å². The summed E-state index contributed by atoms with van der Waals surface area (Å²) in [5, 5.41) is 23.7. The van der Waals surface area contributed by atoms with Gasteiger partial charge in [0.05, 0.1) is 36.6 Å². The van der Waals surface area contributed by atoms with Crippen LogP contribution in [0, 0.1) is 50.7 Å². The molecule has 2 spiro atoms. The van der Waals surface area contributed by atoms with E-state index in [1.54, 1.807) is 13.8 Å². The second-order valence-corrected chi connectivity index (χ2v) is 20.1. The maximum atomic E-state index is 12.6. The van der Waals surface area contributed by atoms with Gasteiger partial charge in [-0.05, 0) is 123 Å². The Morgan fingerprint density at radius 2 is 1.66 bits per heavy atom. The van der Waals surface area contributed by atoms with Crippen molar-refractivity contribution in [2.75, 3.05) is 19.7 Å². The zero-order valence-corrected chi connectivity index (χ0v) is 33.1. The third-order valence-electron chi connectivity index (χ3n) is 17.3. The lowest BCUT2D eigenvalue weighted by Crippen LogP contribution is -2.60. The summed E-state index contributed by atoms with van der Waals surface area (Å²) in [6.07, 6.45) is 12.3. The van der Waals surface area contributed by atoms with Gasteiger partial charge in [-0.2, -0.15) is 0 Å². The molecule has 0 radical (unpaired) electrons. The highest BCUT2D eigenvalue weighted by molar-refractivity contribution is 5.85. The topological polar surface area (TPSA) is 97.7 Å². The Hall–Kier alpha value is -0.480. The summed E-state index contributed by atoms with van der Waals surface area (Å²) >= 11 is 0. The van der Waals surface area contributed by atoms with Crippen LogP contribution in [0.5, 0.6) is 0 Å². The van der Waals surface area contributed by atoms with Crippen LogP contribution in [0.4, 0.5) is 0 Å². The number of carbonyl (C=O) groups excluding carboxylic acids is 1. The van der Waals surface area contributed by atoms with Crippen molar-refractivity contribution in [1.29, 1.82) is 0 Å². The van der Waals surface area contributed by atoms with Gasteiger partial charge in [0.15, 0.2) is 12.4 Å². The average Bonchev–Trinajstić information content (AvgIpc) is 3.29. The van der Waals surface area contributed by atoms with Crippen molar-refractivity contribution in [2.24, 2.45) is 50.7 Å². The Morgan fingerprint density at radius 3 is 2.34 bits per heavy atom. The third-order valence-corrected chi connectivity index (χ3v) is 17.3. The number of nitrogens with zero attached hydrogens (tertiary/aromatic N) is 1. The fraction of sp³-hybridized carbons (Fsp3) is 0.976. The molecular weight excluding hydrogens is 654 g/mol. The first-order chi connectivity index (χ1) is 23.0. The second kappa shape index (κ2) is 12.5. The van der Waals surface area contributed by atoms with Gasteiger partial charge in [-0.1, -0.05) is 47.5 Å². The standard InChI is InChI=1S/C41H67NO7.ClH/c1-24-21-27(35(37(5,6)45)47-25(2)43)48-33-32(24)38(7)17-18-41-23-40(41)16-15-30(49-31-22-42(19-20-46-31)26-11-9-10-12-26)36(3,4)28(40)13-14-29(41)39(38,8)34(33)44;/h24,26-35,44-45H,9-23H2,1-8H3;1H/t24-,27-,28+,29+,30+,31?,32?,33?,34+,35+,38-,39-,40-,41+;/m1./s1. The number of carbonyl (C=O) groups is 1. The first kappa shape index (κ1) is 37.8. The molecule has 8 fully saturated rings. The van der Waals surface area contributed by atoms with Gasteiger partial charge >= 0.3 is 5.97 Å². The maximum Gasteiger partial charge on any atom is 0.303 e. The molecule has 9 heteroatoms. The maximum absolute atomic E-state index is 12.6. The summed E-state index contributed by atoms with van der Waals surface area (Å²) in [4.78, 5) is 14.8. The summed E-state index contributed by atoms with van der Waals surface area (Å²) in [5.74, 6) is 1.17. The lowest BCUT2D eigenvalue weighted by Gasteiger charge is -2.64. The monoisotopic (exact) mass is 721 g/mol. The van der Waals surface area contributed by atoms with E-state index < -0.39 is 29.9 Å². The fourth-order valence-corrected chi connectivity index (χ4v) is 15.1. The second-order valence-electron chi connectivity index (χ2n) is 20.1. The van der Waals surface area contributed by atoms with E-state index in [2.05, 4.69) is 39.5 Å². The number of esters is 1. The largest absolute Gasteiger partial charge is 0.457 e. The van der Waals surface area contributed by atoms with Gasteiger partial charge in [-0.25, -0.2) is 0 Å². The van der Waals surface area contributed by atoms with E-state index in [1.165, 1.54) is 58.3 Å². The van der Waals surface area contributed by atoms with Crippen molar-refractivity contribution in [3.8, 4) is 0 Å². The Bertz CT molecular complexity index is 1300. The molecule has 6 aliphatic carbocycles. The van der Waals surface area contributed by atoms with Crippen LogP contribution in [0.1, 0.15) is 132 Å². The van der Waals surface area contributed by atoms with E-state index >= 15 is 0 Å². The van der Waals surface area contributed by atoms with Gasteiger partial charge in [-0.15, -0.1) is 12.4 Å². The van der Waals surface area contributed by atoms with Crippen LogP contribution in [0.2, 0.25) is 0 Å². The molecule has 8 aliphatic rings. The van der Waals surface area contributed by atoms with Crippen LogP contribution in [0.3, 0.4) is 0 Å².